The molecule has 0 unspecified atom stereocenters. The van der Waals surface area contributed by atoms with Crippen LogP contribution in [0.1, 0.15) is 32.8 Å². The van der Waals surface area contributed by atoms with E-state index in [2.05, 4.69) is 0 Å². The highest BCUT2D eigenvalue weighted by Crippen LogP contribution is 2.35. The molecule has 3 rings (SSSR count). The molecule has 0 N–H and O–H groups in total. The van der Waals surface area contributed by atoms with Gasteiger partial charge in [0, 0.05) is 29.5 Å². The van der Waals surface area contributed by atoms with Gasteiger partial charge in [0.15, 0.2) is 0 Å². The standard InChI is InChI=1S/C24H28N2O5/c1-24(2,3)23(29)26-14-8-9-16-15-17(11-12-19(16)26)25-13-7-6-10-18(21(27)30-4)20(25)22(28)31-5/h6-7,10-13,15H,8-9,14H2,1-5H3. The van der Waals surface area contributed by atoms with E-state index >= 15 is 0 Å². The molecule has 0 aliphatic carbocycles. The van der Waals surface area contributed by atoms with Gasteiger partial charge in [0.25, 0.3) is 0 Å². The van der Waals surface area contributed by atoms with Crippen molar-refractivity contribution in [3.05, 3.63) is 59.5 Å². The lowest BCUT2D eigenvalue weighted by Gasteiger charge is -2.35. The number of methoxy groups -OCH3 is 2. The Morgan fingerprint density at radius 2 is 1.71 bits per heavy atom. The molecule has 7 heteroatoms. The number of nitrogens with zero attached hydrogens (tertiary/aromatic N) is 2. The number of anilines is 2. The zero-order chi connectivity index (χ0) is 22.8. The SMILES string of the molecule is COC(=O)C1=C(C(=O)OC)N(c2ccc3c(c2)CCCN3C(=O)C(C)(C)C)C=CC=C1. The molecule has 0 saturated heterocycles. The first-order chi connectivity index (χ1) is 14.7. The first-order valence-electron chi connectivity index (χ1n) is 10.2. The summed E-state index contributed by atoms with van der Waals surface area (Å²) in [6, 6.07) is 5.68. The normalized spacial score (nSPS) is 16.0. The van der Waals surface area contributed by atoms with Crippen LogP contribution >= 0.6 is 0 Å². The van der Waals surface area contributed by atoms with E-state index in [4.69, 9.17) is 9.47 Å². The average Bonchev–Trinajstić information content (AvgIpc) is 2.99. The molecule has 0 fully saturated rings. The number of carbonyl (C=O) groups is 3. The molecule has 0 bridgehead atoms. The van der Waals surface area contributed by atoms with Gasteiger partial charge >= 0.3 is 11.9 Å². The first-order valence-corrected chi connectivity index (χ1v) is 10.2. The van der Waals surface area contributed by atoms with Crippen molar-refractivity contribution in [2.45, 2.75) is 33.6 Å². The Morgan fingerprint density at radius 1 is 1.00 bits per heavy atom. The van der Waals surface area contributed by atoms with Crippen molar-refractivity contribution in [3.8, 4) is 0 Å². The number of ether oxygens (including phenoxy) is 2. The van der Waals surface area contributed by atoms with Crippen molar-refractivity contribution in [3.63, 3.8) is 0 Å². The summed E-state index contributed by atoms with van der Waals surface area (Å²) in [6.45, 7) is 6.41. The molecule has 0 spiro atoms. The van der Waals surface area contributed by atoms with Gasteiger partial charge in [-0.25, -0.2) is 9.59 Å². The zero-order valence-corrected chi connectivity index (χ0v) is 18.6. The third kappa shape index (κ3) is 4.40. The molecule has 0 atom stereocenters. The molecule has 1 aromatic rings. The number of fused-ring (bicyclic) bond motifs is 1. The number of allylic oxidation sites excluding steroid dienone is 2. The van der Waals surface area contributed by atoms with Gasteiger partial charge in [0.2, 0.25) is 5.91 Å². The van der Waals surface area contributed by atoms with E-state index in [0.717, 1.165) is 24.1 Å². The Bertz CT molecular complexity index is 998. The van der Waals surface area contributed by atoms with Gasteiger partial charge in [0.05, 0.1) is 19.8 Å². The highest BCUT2D eigenvalue weighted by molar-refractivity contribution is 6.05. The van der Waals surface area contributed by atoms with Gasteiger partial charge in [-0.05, 0) is 48.8 Å². The fourth-order valence-electron chi connectivity index (χ4n) is 3.71. The predicted octanol–water partition coefficient (Wildman–Crippen LogP) is 3.50. The summed E-state index contributed by atoms with van der Waals surface area (Å²) in [5, 5.41) is 0. The number of aryl methyl sites for hydroxylation is 1. The minimum absolute atomic E-state index is 0.0673. The second-order valence-corrected chi connectivity index (χ2v) is 8.44. The lowest BCUT2D eigenvalue weighted by Crippen LogP contribution is -2.42. The molecule has 1 amide bonds. The van der Waals surface area contributed by atoms with Gasteiger partial charge in [-0.2, -0.15) is 0 Å². The lowest BCUT2D eigenvalue weighted by molar-refractivity contribution is -0.139. The average molecular weight is 424 g/mol. The van der Waals surface area contributed by atoms with Gasteiger partial charge in [-0.15, -0.1) is 0 Å². The van der Waals surface area contributed by atoms with Crippen LogP contribution in [0.2, 0.25) is 0 Å². The third-order valence-electron chi connectivity index (χ3n) is 5.24. The number of benzene rings is 1. The maximum atomic E-state index is 12.9. The Hall–Kier alpha value is -3.35. The number of carbonyl (C=O) groups excluding carboxylic acids is 3. The van der Waals surface area contributed by atoms with Gasteiger partial charge < -0.3 is 19.3 Å². The van der Waals surface area contributed by atoms with E-state index in [1.54, 1.807) is 23.3 Å². The van der Waals surface area contributed by atoms with E-state index in [1.807, 2.05) is 43.9 Å². The summed E-state index contributed by atoms with van der Waals surface area (Å²) in [4.78, 5) is 41.3. The number of hydrogen-bond acceptors (Lipinski definition) is 6. The van der Waals surface area contributed by atoms with Crippen molar-refractivity contribution < 1.29 is 23.9 Å². The molecule has 164 valence electrons. The van der Waals surface area contributed by atoms with Crippen LogP contribution in [0, 0.1) is 5.41 Å². The van der Waals surface area contributed by atoms with Crippen LogP contribution in [-0.2, 0) is 30.3 Å². The zero-order valence-electron chi connectivity index (χ0n) is 18.6. The second-order valence-electron chi connectivity index (χ2n) is 8.44. The summed E-state index contributed by atoms with van der Waals surface area (Å²) in [5.41, 5.74) is 2.26. The van der Waals surface area contributed by atoms with E-state index < -0.39 is 17.4 Å². The quantitative estimate of drug-likeness (QED) is 0.692. The van der Waals surface area contributed by atoms with E-state index in [9.17, 15) is 14.4 Å². The number of hydrogen-bond donors (Lipinski definition) is 0. The van der Waals surface area contributed by atoms with Crippen molar-refractivity contribution in [2.24, 2.45) is 5.41 Å². The third-order valence-corrected chi connectivity index (χ3v) is 5.24. The summed E-state index contributed by atoms with van der Waals surface area (Å²) in [6.07, 6.45) is 8.28. The largest absolute Gasteiger partial charge is 0.465 e. The predicted molar refractivity (Wildman–Crippen MR) is 118 cm³/mol. The molecule has 0 saturated carbocycles. The maximum Gasteiger partial charge on any atom is 0.355 e. The lowest BCUT2D eigenvalue weighted by atomic mass is 9.92. The molecule has 7 nitrogen and oxygen atoms in total. The fraction of sp³-hybridized carbons (Fsp3) is 0.375. The highest BCUT2D eigenvalue weighted by atomic mass is 16.5. The number of rotatable bonds is 3. The highest BCUT2D eigenvalue weighted by Gasteiger charge is 2.32. The molecule has 0 aromatic heterocycles. The Morgan fingerprint density at radius 3 is 2.35 bits per heavy atom. The van der Waals surface area contributed by atoms with E-state index in [-0.39, 0.29) is 17.2 Å². The molecule has 2 heterocycles. The Balaban J connectivity index is 2.09. The topological polar surface area (TPSA) is 76.2 Å². The molecule has 31 heavy (non-hydrogen) atoms. The molecular weight excluding hydrogens is 396 g/mol. The van der Waals surface area contributed by atoms with Crippen LogP contribution in [0.4, 0.5) is 11.4 Å². The van der Waals surface area contributed by atoms with Crippen LogP contribution in [0.5, 0.6) is 0 Å². The summed E-state index contributed by atoms with van der Waals surface area (Å²) >= 11 is 0. The summed E-state index contributed by atoms with van der Waals surface area (Å²) in [7, 11) is 2.53. The first kappa shape index (κ1) is 22.3. The summed E-state index contributed by atoms with van der Waals surface area (Å²) in [5.74, 6) is -1.22. The van der Waals surface area contributed by atoms with Crippen molar-refractivity contribution in [2.75, 3.05) is 30.6 Å². The molecule has 0 radical (unpaired) electrons. The Labute approximate surface area is 182 Å². The number of esters is 2. The van der Waals surface area contributed by atoms with Crippen LogP contribution in [-0.4, -0.2) is 38.6 Å². The Kier molecular flexibility index (Phi) is 6.34. The van der Waals surface area contributed by atoms with Crippen molar-refractivity contribution in [1.82, 2.24) is 0 Å². The molecular formula is C24H28N2O5. The van der Waals surface area contributed by atoms with Crippen LogP contribution in [0.15, 0.2) is 53.9 Å². The van der Waals surface area contributed by atoms with Gasteiger partial charge in [-0.3, -0.25) is 4.79 Å². The minimum atomic E-state index is -0.654. The van der Waals surface area contributed by atoms with Crippen LogP contribution in [0.25, 0.3) is 0 Å². The van der Waals surface area contributed by atoms with Gasteiger partial charge in [-0.1, -0.05) is 26.8 Å². The van der Waals surface area contributed by atoms with Gasteiger partial charge in [0.1, 0.15) is 5.70 Å². The van der Waals surface area contributed by atoms with E-state index in [1.165, 1.54) is 20.3 Å². The smallest absolute Gasteiger partial charge is 0.355 e. The van der Waals surface area contributed by atoms with Crippen LogP contribution < -0.4 is 9.80 Å². The fourth-order valence-corrected chi connectivity index (χ4v) is 3.71. The molecule has 2 aliphatic heterocycles. The van der Waals surface area contributed by atoms with Crippen molar-refractivity contribution in [1.29, 1.82) is 0 Å². The van der Waals surface area contributed by atoms with Crippen LogP contribution in [0.3, 0.4) is 0 Å². The molecule has 2 aliphatic rings. The van der Waals surface area contributed by atoms with E-state index in [0.29, 0.717) is 12.2 Å². The van der Waals surface area contributed by atoms with Crippen molar-refractivity contribution >= 4 is 29.2 Å². The summed E-state index contributed by atoms with van der Waals surface area (Å²) < 4.78 is 9.82. The monoisotopic (exact) mass is 424 g/mol. The second kappa shape index (κ2) is 8.79. The maximum absolute atomic E-state index is 12.9. The molecule has 1 aromatic carbocycles. The number of amides is 1. The minimum Gasteiger partial charge on any atom is -0.465 e.